The summed E-state index contributed by atoms with van der Waals surface area (Å²) in [6.07, 6.45) is 1.73. The van der Waals surface area contributed by atoms with E-state index >= 15 is 0 Å². The molecule has 0 saturated carbocycles. The number of halogens is 2. The van der Waals surface area contributed by atoms with E-state index in [2.05, 4.69) is 5.10 Å². The van der Waals surface area contributed by atoms with Crippen molar-refractivity contribution in [2.75, 3.05) is 5.73 Å². The zero-order valence-corrected chi connectivity index (χ0v) is 7.81. The minimum atomic E-state index is 0. The van der Waals surface area contributed by atoms with Crippen LogP contribution in [0.25, 0.3) is 5.52 Å². The van der Waals surface area contributed by atoms with Gasteiger partial charge in [-0.05, 0) is 18.2 Å². The molecule has 2 aromatic heterocycles. The molecule has 0 saturated heterocycles. The number of nitrogens with two attached hydrogens (primary N) is 1. The first-order valence-corrected chi connectivity index (χ1v) is 3.06. The number of hydrogen-bond acceptors (Lipinski definition) is 2. The molecule has 0 radical (unpaired) electrons. The highest BCUT2D eigenvalue weighted by molar-refractivity contribution is 5.85. The predicted molar refractivity (Wildman–Crippen MR) is 54.1 cm³/mol. The summed E-state index contributed by atoms with van der Waals surface area (Å²) in [5, 5.41) is 4.01. The molecule has 3 nitrogen and oxygen atoms in total. The van der Waals surface area contributed by atoms with E-state index in [1.165, 1.54) is 0 Å². The topological polar surface area (TPSA) is 43.3 Å². The molecule has 2 aromatic rings. The Labute approximate surface area is 82.4 Å². The Kier molecular flexibility index (Phi) is 3.86. The SMILES string of the molecule is Cl.Cl.Nc1cccc2ccnn12. The second kappa shape index (κ2) is 4.18. The molecule has 5 heteroatoms. The molecule has 0 fully saturated rings. The maximum Gasteiger partial charge on any atom is 0.125 e. The Morgan fingerprint density at radius 3 is 2.58 bits per heavy atom. The molecule has 0 aromatic carbocycles. The fraction of sp³-hybridized carbons (Fsp3) is 0. The lowest BCUT2D eigenvalue weighted by molar-refractivity contribution is 0.974. The molecule has 0 aliphatic carbocycles. The van der Waals surface area contributed by atoms with Crippen molar-refractivity contribution in [1.29, 1.82) is 0 Å². The molecule has 0 bridgehead atoms. The highest BCUT2D eigenvalue weighted by Gasteiger charge is 1.92. The minimum absolute atomic E-state index is 0. The number of anilines is 1. The summed E-state index contributed by atoms with van der Waals surface area (Å²) in [6, 6.07) is 7.60. The molecule has 0 amide bonds. The molecule has 12 heavy (non-hydrogen) atoms. The zero-order valence-electron chi connectivity index (χ0n) is 6.18. The van der Waals surface area contributed by atoms with E-state index in [9.17, 15) is 0 Å². The summed E-state index contributed by atoms with van der Waals surface area (Å²) in [6.45, 7) is 0. The second-order valence-corrected chi connectivity index (χ2v) is 2.12. The molecule has 0 aliphatic rings. The number of fused-ring (bicyclic) bond motifs is 1. The van der Waals surface area contributed by atoms with Crippen LogP contribution in [-0.4, -0.2) is 9.61 Å². The van der Waals surface area contributed by atoms with Gasteiger partial charge in [-0.25, -0.2) is 4.52 Å². The standard InChI is InChI=1S/C7H7N3.2ClH/c8-7-3-1-2-6-4-5-9-10(6)7;;/h1-5H,8H2;2*1H. The van der Waals surface area contributed by atoms with Gasteiger partial charge < -0.3 is 5.73 Å². The zero-order chi connectivity index (χ0) is 6.97. The van der Waals surface area contributed by atoms with Gasteiger partial charge in [-0.1, -0.05) is 6.07 Å². The first kappa shape index (κ1) is 11.1. The molecular formula is C7H9Cl2N3. The normalized spacial score (nSPS) is 8.67. The van der Waals surface area contributed by atoms with E-state index in [4.69, 9.17) is 5.73 Å². The quantitative estimate of drug-likeness (QED) is 0.713. The maximum absolute atomic E-state index is 5.60. The summed E-state index contributed by atoms with van der Waals surface area (Å²) < 4.78 is 1.69. The lowest BCUT2D eigenvalue weighted by atomic mass is 10.4. The average molecular weight is 206 g/mol. The summed E-state index contributed by atoms with van der Waals surface area (Å²) in [5.41, 5.74) is 6.63. The van der Waals surface area contributed by atoms with E-state index in [0.29, 0.717) is 5.82 Å². The second-order valence-electron chi connectivity index (χ2n) is 2.12. The van der Waals surface area contributed by atoms with Crippen molar-refractivity contribution in [3.8, 4) is 0 Å². The molecule has 2 N–H and O–H groups in total. The van der Waals surface area contributed by atoms with E-state index < -0.39 is 0 Å². The maximum atomic E-state index is 5.60. The average Bonchev–Trinajstić information content (AvgIpc) is 2.36. The number of nitrogens with zero attached hydrogens (tertiary/aromatic N) is 2. The number of nitrogen functional groups attached to an aromatic ring is 1. The molecule has 0 aliphatic heterocycles. The lowest BCUT2D eigenvalue weighted by Crippen LogP contribution is -1.96. The fourth-order valence-electron chi connectivity index (χ4n) is 0.971. The largest absolute Gasteiger partial charge is 0.384 e. The first-order valence-electron chi connectivity index (χ1n) is 3.06. The Bertz CT molecular complexity index is 358. The van der Waals surface area contributed by atoms with Crippen LogP contribution < -0.4 is 5.73 Å². The molecule has 0 spiro atoms. The number of aromatic nitrogens is 2. The van der Waals surface area contributed by atoms with Crippen LogP contribution in [0.1, 0.15) is 0 Å². The van der Waals surface area contributed by atoms with Crippen molar-refractivity contribution >= 4 is 36.1 Å². The van der Waals surface area contributed by atoms with Crippen LogP contribution in [0.2, 0.25) is 0 Å². The van der Waals surface area contributed by atoms with Gasteiger partial charge in [0, 0.05) is 0 Å². The summed E-state index contributed by atoms with van der Waals surface area (Å²) in [7, 11) is 0. The first-order chi connectivity index (χ1) is 4.88. The van der Waals surface area contributed by atoms with E-state index in [-0.39, 0.29) is 24.8 Å². The summed E-state index contributed by atoms with van der Waals surface area (Å²) in [4.78, 5) is 0. The Hall–Kier alpha value is -0.930. The molecule has 0 atom stereocenters. The number of rotatable bonds is 0. The van der Waals surface area contributed by atoms with Crippen LogP contribution in [0.4, 0.5) is 5.82 Å². The van der Waals surface area contributed by atoms with Crippen molar-refractivity contribution < 1.29 is 0 Å². The van der Waals surface area contributed by atoms with Gasteiger partial charge in [0.2, 0.25) is 0 Å². The van der Waals surface area contributed by atoms with Gasteiger partial charge in [0.15, 0.2) is 0 Å². The Morgan fingerprint density at radius 2 is 1.92 bits per heavy atom. The molecule has 2 heterocycles. The van der Waals surface area contributed by atoms with Crippen LogP contribution in [0, 0.1) is 0 Å². The van der Waals surface area contributed by atoms with Crippen molar-refractivity contribution in [2.24, 2.45) is 0 Å². The van der Waals surface area contributed by atoms with E-state index in [1.807, 2.05) is 24.3 Å². The van der Waals surface area contributed by atoms with Gasteiger partial charge in [-0.15, -0.1) is 24.8 Å². The third kappa shape index (κ3) is 1.62. The molecular weight excluding hydrogens is 197 g/mol. The van der Waals surface area contributed by atoms with Gasteiger partial charge in [-0.3, -0.25) is 0 Å². The fourth-order valence-corrected chi connectivity index (χ4v) is 0.971. The van der Waals surface area contributed by atoms with Gasteiger partial charge >= 0.3 is 0 Å². The van der Waals surface area contributed by atoms with Crippen molar-refractivity contribution in [3.63, 3.8) is 0 Å². The predicted octanol–water partition coefficient (Wildman–Crippen LogP) is 1.76. The molecule has 2 rings (SSSR count). The summed E-state index contributed by atoms with van der Waals surface area (Å²) >= 11 is 0. The van der Waals surface area contributed by atoms with Crippen molar-refractivity contribution in [1.82, 2.24) is 9.61 Å². The van der Waals surface area contributed by atoms with Crippen molar-refractivity contribution in [3.05, 3.63) is 30.5 Å². The van der Waals surface area contributed by atoms with Crippen LogP contribution >= 0.6 is 24.8 Å². The molecule has 0 unspecified atom stereocenters. The smallest absolute Gasteiger partial charge is 0.125 e. The van der Waals surface area contributed by atoms with Crippen LogP contribution in [-0.2, 0) is 0 Å². The minimum Gasteiger partial charge on any atom is -0.384 e. The highest BCUT2D eigenvalue weighted by atomic mass is 35.5. The lowest BCUT2D eigenvalue weighted by Gasteiger charge is -1.95. The monoisotopic (exact) mass is 205 g/mol. The highest BCUT2D eigenvalue weighted by Crippen LogP contribution is 2.06. The molecule has 66 valence electrons. The van der Waals surface area contributed by atoms with Crippen LogP contribution in [0.3, 0.4) is 0 Å². The van der Waals surface area contributed by atoms with Crippen LogP contribution in [0.5, 0.6) is 0 Å². The Balaban J connectivity index is 0.000000605. The summed E-state index contributed by atoms with van der Waals surface area (Å²) in [5.74, 6) is 0.669. The van der Waals surface area contributed by atoms with Crippen molar-refractivity contribution in [2.45, 2.75) is 0 Å². The number of pyridine rings is 1. The van der Waals surface area contributed by atoms with E-state index in [0.717, 1.165) is 5.52 Å². The van der Waals surface area contributed by atoms with Crippen LogP contribution in [0.15, 0.2) is 30.5 Å². The number of hydrogen-bond donors (Lipinski definition) is 1. The third-order valence-corrected chi connectivity index (χ3v) is 1.45. The van der Waals surface area contributed by atoms with E-state index in [1.54, 1.807) is 10.7 Å². The Morgan fingerprint density at radius 1 is 1.17 bits per heavy atom. The van der Waals surface area contributed by atoms with Gasteiger partial charge in [0.05, 0.1) is 11.7 Å². The van der Waals surface area contributed by atoms with Gasteiger partial charge in [0.25, 0.3) is 0 Å². The third-order valence-electron chi connectivity index (χ3n) is 1.45. The van der Waals surface area contributed by atoms with Gasteiger partial charge in [0.1, 0.15) is 5.82 Å². The van der Waals surface area contributed by atoms with Gasteiger partial charge in [-0.2, -0.15) is 5.10 Å².